The molecule has 24 heteroatoms. The zero-order valence-electron chi connectivity index (χ0n) is 42.4. The minimum Gasteiger partial charge on any atom is -0.480 e. The number of ether oxygens (including phenoxy) is 4. The SMILES string of the molecule is COC(=O)CN(CC(=O)OC)Cc1cc(C#Cc2ccc(NC(=S)NCCCCCC(=O)NC(CCCCNC(=O)CCCCC3SCC4NC(=O)NC43)C(=O)O)cc2)cc(CN(CC(=O)OC)CC(=O)OC)n1. The highest BCUT2D eigenvalue weighted by molar-refractivity contribution is 8.00. The van der Waals surface area contributed by atoms with Gasteiger partial charge in [-0.3, -0.25) is 43.6 Å². The van der Waals surface area contributed by atoms with E-state index in [2.05, 4.69) is 43.7 Å². The molecule has 2 aromatic rings. The van der Waals surface area contributed by atoms with Gasteiger partial charge in [-0.25, -0.2) is 9.59 Å². The Morgan fingerprint density at radius 1 is 0.730 bits per heavy atom. The van der Waals surface area contributed by atoms with Crippen molar-refractivity contribution >= 4 is 82.5 Å². The number of thiocarbonyl (C=S) groups is 1. The van der Waals surface area contributed by atoms with E-state index in [0.29, 0.717) is 83.8 Å². The van der Waals surface area contributed by atoms with Crippen LogP contribution in [0.15, 0.2) is 36.4 Å². The van der Waals surface area contributed by atoms with Gasteiger partial charge in [0.05, 0.1) is 78.1 Å². The van der Waals surface area contributed by atoms with Crippen molar-refractivity contribution in [3.05, 3.63) is 58.9 Å². The molecular weight excluding hydrogens is 999 g/mol. The van der Waals surface area contributed by atoms with Crippen molar-refractivity contribution in [2.45, 2.75) is 107 Å². The minimum atomic E-state index is -1.10. The molecule has 4 unspecified atom stereocenters. The monoisotopic (exact) mass is 1070 g/mol. The second-order valence-corrected chi connectivity index (χ2v) is 19.3. The number of aliphatic carboxylic acids is 1. The number of amides is 4. The lowest BCUT2D eigenvalue weighted by Gasteiger charge is -2.21. The van der Waals surface area contributed by atoms with Crippen LogP contribution in [0.5, 0.6) is 0 Å². The van der Waals surface area contributed by atoms with Gasteiger partial charge in [-0.05, 0) is 93.6 Å². The summed E-state index contributed by atoms with van der Waals surface area (Å²) < 4.78 is 19.2. The molecule has 22 nitrogen and oxygen atoms in total. The predicted octanol–water partition coefficient (Wildman–Crippen LogP) is 2.21. The highest BCUT2D eigenvalue weighted by Crippen LogP contribution is 2.33. The van der Waals surface area contributed by atoms with E-state index in [9.17, 15) is 43.5 Å². The van der Waals surface area contributed by atoms with Crippen LogP contribution in [0.2, 0.25) is 0 Å². The zero-order chi connectivity index (χ0) is 53.8. The van der Waals surface area contributed by atoms with Gasteiger partial charge in [-0.15, -0.1) is 0 Å². The fraction of sp³-hybridized carbons (Fsp3) is 0.560. The molecule has 2 fully saturated rings. The maximum Gasteiger partial charge on any atom is 0.326 e. The van der Waals surface area contributed by atoms with E-state index in [-0.39, 0.29) is 82.0 Å². The number of nitrogens with zero attached hydrogens (tertiary/aromatic N) is 3. The number of hydrogen-bond acceptors (Lipinski definition) is 17. The molecule has 0 radical (unpaired) electrons. The van der Waals surface area contributed by atoms with Crippen LogP contribution in [-0.2, 0) is 65.6 Å². The number of carboxylic acid groups (broad SMARTS) is 1. The molecule has 2 aliphatic heterocycles. The van der Waals surface area contributed by atoms with Gasteiger partial charge in [0.25, 0.3) is 0 Å². The first-order chi connectivity index (χ1) is 35.6. The van der Waals surface area contributed by atoms with Crippen molar-refractivity contribution in [3.63, 3.8) is 0 Å². The van der Waals surface area contributed by atoms with Gasteiger partial charge in [0, 0.05) is 66.8 Å². The number of carbonyl (C=O) groups is 8. The summed E-state index contributed by atoms with van der Waals surface area (Å²) in [6, 6.07) is 9.86. The average molecular weight is 1070 g/mol. The molecule has 0 spiro atoms. The van der Waals surface area contributed by atoms with Gasteiger partial charge >= 0.3 is 35.9 Å². The van der Waals surface area contributed by atoms with E-state index >= 15 is 0 Å². The zero-order valence-corrected chi connectivity index (χ0v) is 44.1. The van der Waals surface area contributed by atoms with E-state index < -0.39 is 35.9 Å². The molecule has 4 atom stereocenters. The quantitative estimate of drug-likeness (QED) is 0.0142. The molecule has 0 bridgehead atoms. The number of hydrogen-bond donors (Lipinski definition) is 7. The summed E-state index contributed by atoms with van der Waals surface area (Å²) in [6.07, 6.45) is 6.57. The Bertz CT molecular complexity index is 2220. The van der Waals surface area contributed by atoms with Crippen LogP contribution in [0.25, 0.3) is 0 Å². The Balaban J connectivity index is 1.17. The second-order valence-electron chi connectivity index (χ2n) is 17.6. The molecule has 0 saturated carbocycles. The number of nitrogens with one attached hydrogen (secondary N) is 6. The van der Waals surface area contributed by atoms with E-state index in [0.717, 1.165) is 31.4 Å². The van der Waals surface area contributed by atoms with Crippen molar-refractivity contribution in [2.75, 3.05) is 78.8 Å². The molecule has 404 valence electrons. The number of pyridine rings is 1. The molecule has 4 amide bonds. The first kappa shape index (κ1) is 60.0. The summed E-state index contributed by atoms with van der Waals surface area (Å²) in [7, 11) is 4.94. The molecule has 7 N–H and O–H groups in total. The Morgan fingerprint density at radius 3 is 1.85 bits per heavy atom. The fourth-order valence-corrected chi connectivity index (χ4v) is 9.76. The minimum absolute atomic E-state index is 0.0282. The number of carbonyl (C=O) groups excluding carboxylic acids is 7. The topological polar surface area (TPSA) is 285 Å². The molecule has 74 heavy (non-hydrogen) atoms. The van der Waals surface area contributed by atoms with Crippen LogP contribution < -0.4 is 31.9 Å². The van der Waals surface area contributed by atoms with Crippen LogP contribution in [0.3, 0.4) is 0 Å². The standard InChI is InChI=1S/C50H69N9O13S2/c1-69-43(62)28-58(29-44(63)70-2)26-36-24-34(25-37(53-36)27-59(30-45(64)71-3)31-46(65)72-4)17-16-33-18-20-35(21-19-33)54-50(73)52-23-10-5-6-15-42(61)55-38(48(66)67)12-9-11-22-51-41(60)14-8-7-13-40-47-39(32-74-40)56-49(68)57-47/h18-21,24-25,38-40,47H,5-15,22-23,26-32H2,1-4H3,(H,51,60)(H,55,61)(H,66,67)(H2,52,54,73)(H2,56,57,68). The lowest BCUT2D eigenvalue weighted by Crippen LogP contribution is -2.40. The highest BCUT2D eigenvalue weighted by Gasteiger charge is 2.42. The summed E-state index contributed by atoms with van der Waals surface area (Å²) in [6.45, 7) is 0.125. The smallest absolute Gasteiger partial charge is 0.326 e. The first-order valence-electron chi connectivity index (χ1n) is 24.4. The van der Waals surface area contributed by atoms with Gasteiger partial charge in [0.2, 0.25) is 11.8 Å². The molecule has 1 aromatic heterocycles. The van der Waals surface area contributed by atoms with Crippen molar-refractivity contribution in [1.29, 1.82) is 0 Å². The number of rotatable bonds is 31. The number of benzene rings is 1. The average Bonchev–Trinajstić information content (AvgIpc) is 3.93. The third-order valence-electron chi connectivity index (χ3n) is 11.8. The number of urea groups is 1. The van der Waals surface area contributed by atoms with E-state index in [1.54, 1.807) is 24.3 Å². The van der Waals surface area contributed by atoms with Crippen molar-refractivity contribution in [1.82, 2.24) is 41.4 Å². The van der Waals surface area contributed by atoms with E-state index in [4.69, 9.17) is 36.1 Å². The Labute approximate surface area is 441 Å². The van der Waals surface area contributed by atoms with Gasteiger partial charge in [-0.1, -0.05) is 24.7 Å². The molecule has 0 aliphatic carbocycles. The molecular formula is C50H69N9O13S2. The summed E-state index contributed by atoms with van der Waals surface area (Å²) in [5, 5.41) is 28.2. The molecule has 1 aromatic carbocycles. The fourth-order valence-electron chi connectivity index (χ4n) is 8.00. The first-order valence-corrected chi connectivity index (χ1v) is 25.9. The summed E-state index contributed by atoms with van der Waals surface area (Å²) >= 11 is 7.33. The van der Waals surface area contributed by atoms with Gasteiger partial charge < -0.3 is 56.0 Å². The van der Waals surface area contributed by atoms with Crippen LogP contribution in [0.4, 0.5) is 10.5 Å². The van der Waals surface area contributed by atoms with Crippen LogP contribution in [-0.4, -0.2) is 170 Å². The summed E-state index contributed by atoms with van der Waals surface area (Å²) in [5.41, 5.74) is 2.78. The number of unbranched alkanes of at least 4 members (excludes halogenated alkanes) is 4. The van der Waals surface area contributed by atoms with Gasteiger partial charge in [-0.2, -0.15) is 11.8 Å². The summed E-state index contributed by atoms with van der Waals surface area (Å²) in [5.74, 6) is 3.39. The predicted molar refractivity (Wildman–Crippen MR) is 278 cm³/mol. The Hall–Kier alpha value is -6.55. The van der Waals surface area contributed by atoms with Gasteiger partial charge in [0.15, 0.2) is 5.11 Å². The highest BCUT2D eigenvalue weighted by atomic mass is 32.2. The summed E-state index contributed by atoms with van der Waals surface area (Å²) in [4.78, 5) is 105. The van der Waals surface area contributed by atoms with Crippen LogP contribution in [0.1, 0.15) is 93.1 Å². The van der Waals surface area contributed by atoms with E-state index in [1.165, 1.54) is 38.2 Å². The number of thioether (sulfide) groups is 1. The Morgan fingerprint density at radius 2 is 1.27 bits per heavy atom. The van der Waals surface area contributed by atoms with E-state index in [1.807, 2.05) is 23.9 Å². The van der Waals surface area contributed by atoms with Crippen LogP contribution in [0, 0.1) is 11.8 Å². The largest absolute Gasteiger partial charge is 0.480 e. The number of esters is 4. The normalized spacial score (nSPS) is 15.8. The number of anilines is 1. The van der Waals surface area contributed by atoms with Crippen molar-refractivity contribution in [3.8, 4) is 11.8 Å². The number of methoxy groups -OCH3 is 4. The Kier molecular flexibility index (Phi) is 26.4. The lowest BCUT2D eigenvalue weighted by atomic mass is 10.0. The maximum absolute atomic E-state index is 12.6. The van der Waals surface area contributed by atoms with Crippen LogP contribution >= 0.6 is 24.0 Å². The second kappa shape index (κ2) is 32.6. The lowest BCUT2D eigenvalue weighted by molar-refractivity contribution is -0.147. The number of fused-ring (bicyclic) bond motifs is 1. The maximum atomic E-state index is 12.6. The third kappa shape index (κ3) is 22.7. The molecule has 2 aliphatic rings. The number of carboxylic acids is 1. The molecule has 4 rings (SSSR count). The van der Waals surface area contributed by atoms with Crippen molar-refractivity contribution in [2.24, 2.45) is 0 Å². The molecule has 3 heterocycles. The molecule has 2 saturated heterocycles. The third-order valence-corrected chi connectivity index (χ3v) is 13.6. The van der Waals surface area contributed by atoms with Gasteiger partial charge in [0.1, 0.15) is 6.04 Å². The number of aromatic nitrogens is 1. The van der Waals surface area contributed by atoms with Crippen molar-refractivity contribution < 1.29 is 62.4 Å².